The summed E-state index contributed by atoms with van der Waals surface area (Å²) in [5, 5.41) is 0. The highest BCUT2D eigenvalue weighted by molar-refractivity contribution is 5.58. The van der Waals surface area contributed by atoms with Crippen molar-refractivity contribution < 1.29 is 0 Å². The quantitative estimate of drug-likeness (QED) is 0.809. The molecule has 0 amide bonds. The Morgan fingerprint density at radius 3 is 2.87 bits per heavy atom. The first-order valence-corrected chi connectivity index (χ1v) is 5.95. The largest absolute Gasteiger partial charge is 0.366 e. The highest BCUT2D eigenvalue weighted by Crippen LogP contribution is 2.39. The average Bonchev–Trinajstić information content (AvgIpc) is 3.01. The maximum Gasteiger partial charge on any atom is 0.0440 e. The number of para-hydroxylation sites is 1. The summed E-state index contributed by atoms with van der Waals surface area (Å²) in [6.45, 7) is 1.97. The number of rotatable bonds is 3. The molecule has 1 aromatic carbocycles. The van der Waals surface area contributed by atoms with Gasteiger partial charge in [0.2, 0.25) is 0 Å². The molecule has 2 N–H and O–H groups in total. The van der Waals surface area contributed by atoms with Gasteiger partial charge in [-0.25, -0.2) is 0 Å². The predicted molar refractivity (Wildman–Crippen MR) is 63.1 cm³/mol. The molecule has 3 rings (SSSR count). The van der Waals surface area contributed by atoms with Crippen molar-refractivity contribution in [1.29, 1.82) is 0 Å². The van der Waals surface area contributed by atoms with Crippen molar-refractivity contribution in [3.8, 4) is 0 Å². The Morgan fingerprint density at radius 1 is 1.33 bits per heavy atom. The van der Waals surface area contributed by atoms with Crippen LogP contribution in [0.4, 0.5) is 5.69 Å². The molecule has 0 bridgehead atoms. The molecule has 80 valence electrons. The monoisotopic (exact) mass is 202 g/mol. The molecule has 1 unspecified atom stereocenters. The van der Waals surface area contributed by atoms with Crippen molar-refractivity contribution in [3.63, 3.8) is 0 Å². The van der Waals surface area contributed by atoms with E-state index in [4.69, 9.17) is 5.73 Å². The lowest BCUT2D eigenvalue weighted by Crippen LogP contribution is -2.41. The Kier molecular flexibility index (Phi) is 2.17. The molecule has 1 fully saturated rings. The molecular formula is C13H18N2. The predicted octanol–water partition coefficient (Wildman–Crippen LogP) is 1.79. The van der Waals surface area contributed by atoms with Crippen LogP contribution in [-0.2, 0) is 6.42 Å². The van der Waals surface area contributed by atoms with E-state index in [1.807, 2.05) is 0 Å². The van der Waals surface area contributed by atoms with Crippen LogP contribution < -0.4 is 10.6 Å². The summed E-state index contributed by atoms with van der Waals surface area (Å²) in [4.78, 5) is 2.53. The lowest BCUT2D eigenvalue weighted by molar-refractivity contribution is 0.552. The van der Waals surface area contributed by atoms with E-state index in [2.05, 4.69) is 29.2 Å². The van der Waals surface area contributed by atoms with E-state index in [9.17, 15) is 0 Å². The summed E-state index contributed by atoms with van der Waals surface area (Å²) in [6, 6.07) is 9.35. The van der Waals surface area contributed by atoms with Crippen LogP contribution in [0.5, 0.6) is 0 Å². The molecule has 2 aliphatic rings. The molecule has 0 saturated heterocycles. The fourth-order valence-electron chi connectivity index (χ4n) is 2.76. The molecule has 0 spiro atoms. The van der Waals surface area contributed by atoms with Crippen molar-refractivity contribution in [1.82, 2.24) is 0 Å². The van der Waals surface area contributed by atoms with E-state index < -0.39 is 0 Å². The Morgan fingerprint density at radius 2 is 2.13 bits per heavy atom. The number of benzene rings is 1. The van der Waals surface area contributed by atoms with E-state index in [0.29, 0.717) is 6.04 Å². The standard InChI is InChI=1S/C13H18N2/c14-9-13(11-5-6-11)15-8-7-10-3-1-2-4-12(10)15/h1-4,11,13H,5-9,14H2. The number of anilines is 1. The number of nitrogens with zero attached hydrogens (tertiary/aromatic N) is 1. The van der Waals surface area contributed by atoms with Gasteiger partial charge in [0.15, 0.2) is 0 Å². The number of fused-ring (bicyclic) bond motifs is 1. The van der Waals surface area contributed by atoms with Crippen LogP contribution in [0.2, 0.25) is 0 Å². The fraction of sp³-hybridized carbons (Fsp3) is 0.538. The maximum absolute atomic E-state index is 5.91. The Hall–Kier alpha value is -1.02. The highest BCUT2D eigenvalue weighted by atomic mass is 15.2. The van der Waals surface area contributed by atoms with Gasteiger partial charge in [-0.15, -0.1) is 0 Å². The van der Waals surface area contributed by atoms with Crippen LogP contribution in [-0.4, -0.2) is 19.1 Å². The smallest absolute Gasteiger partial charge is 0.0440 e. The molecule has 1 heterocycles. The van der Waals surface area contributed by atoms with Crippen molar-refractivity contribution >= 4 is 5.69 Å². The number of hydrogen-bond acceptors (Lipinski definition) is 2. The van der Waals surface area contributed by atoms with Gasteiger partial charge in [-0.05, 0) is 36.8 Å². The molecule has 2 nitrogen and oxygen atoms in total. The highest BCUT2D eigenvalue weighted by Gasteiger charge is 2.36. The molecule has 0 aromatic heterocycles. The topological polar surface area (TPSA) is 29.3 Å². The molecule has 1 atom stereocenters. The van der Waals surface area contributed by atoms with Gasteiger partial charge >= 0.3 is 0 Å². The van der Waals surface area contributed by atoms with Gasteiger partial charge in [-0.3, -0.25) is 0 Å². The Bertz CT molecular complexity index is 357. The van der Waals surface area contributed by atoms with Crippen molar-refractivity contribution in [2.75, 3.05) is 18.0 Å². The average molecular weight is 202 g/mol. The minimum absolute atomic E-state index is 0.591. The molecule has 0 radical (unpaired) electrons. The summed E-state index contributed by atoms with van der Waals surface area (Å²) in [5.74, 6) is 0.862. The summed E-state index contributed by atoms with van der Waals surface area (Å²) >= 11 is 0. The number of hydrogen-bond donors (Lipinski definition) is 1. The van der Waals surface area contributed by atoms with E-state index in [0.717, 1.165) is 19.0 Å². The van der Waals surface area contributed by atoms with E-state index in [1.165, 1.54) is 30.5 Å². The molecular weight excluding hydrogens is 184 g/mol. The van der Waals surface area contributed by atoms with E-state index >= 15 is 0 Å². The lowest BCUT2D eigenvalue weighted by atomic mass is 10.1. The Balaban J connectivity index is 1.88. The van der Waals surface area contributed by atoms with Crippen LogP contribution in [0, 0.1) is 5.92 Å². The van der Waals surface area contributed by atoms with Crippen molar-refractivity contribution in [2.24, 2.45) is 11.7 Å². The van der Waals surface area contributed by atoms with E-state index in [1.54, 1.807) is 0 Å². The third-order valence-corrected chi connectivity index (χ3v) is 3.73. The summed E-state index contributed by atoms with van der Waals surface area (Å²) in [6.07, 6.45) is 3.94. The SMILES string of the molecule is NCC(C1CC1)N1CCc2ccccc21. The first-order chi connectivity index (χ1) is 7.40. The van der Waals surface area contributed by atoms with Gasteiger partial charge in [0.25, 0.3) is 0 Å². The van der Waals surface area contributed by atoms with Crippen LogP contribution >= 0.6 is 0 Å². The first-order valence-electron chi connectivity index (χ1n) is 5.95. The molecule has 1 aromatic rings. The zero-order chi connectivity index (χ0) is 10.3. The van der Waals surface area contributed by atoms with Crippen LogP contribution in [0.3, 0.4) is 0 Å². The second kappa shape index (κ2) is 3.53. The van der Waals surface area contributed by atoms with Crippen molar-refractivity contribution in [2.45, 2.75) is 25.3 Å². The van der Waals surface area contributed by atoms with Gasteiger partial charge in [0, 0.05) is 24.8 Å². The normalized spacial score (nSPS) is 21.5. The van der Waals surface area contributed by atoms with Crippen LogP contribution in [0.25, 0.3) is 0 Å². The second-order valence-corrected chi connectivity index (χ2v) is 4.71. The lowest BCUT2D eigenvalue weighted by Gasteiger charge is -2.29. The molecule has 15 heavy (non-hydrogen) atoms. The maximum atomic E-state index is 5.91. The fourth-order valence-corrected chi connectivity index (χ4v) is 2.76. The minimum Gasteiger partial charge on any atom is -0.366 e. The third kappa shape index (κ3) is 1.53. The first kappa shape index (κ1) is 9.22. The third-order valence-electron chi connectivity index (χ3n) is 3.73. The van der Waals surface area contributed by atoms with Crippen LogP contribution in [0.1, 0.15) is 18.4 Å². The van der Waals surface area contributed by atoms with Gasteiger partial charge in [0.1, 0.15) is 0 Å². The summed E-state index contributed by atoms with van der Waals surface area (Å²) in [5.41, 5.74) is 8.84. The van der Waals surface area contributed by atoms with Gasteiger partial charge in [-0.1, -0.05) is 18.2 Å². The molecule has 1 aliphatic carbocycles. The number of nitrogens with two attached hydrogens (primary N) is 1. The summed E-state index contributed by atoms with van der Waals surface area (Å²) in [7, 11) is 0. The van der Waals surface area contributed by atoms with E-state index in [-0.39, 0.29) is 0 Å². The van der Waals surface area contributed by atoms with Crippen molar-refractivity contribution in [3.05, 3.63) is 29.8 Å². The minimum atomic E-state index is 0.591. The van der Waals surface area contributed by atoms with Gasteiger partial charge in [-0.2, -0.15) is 0 Å². The Labute approximate surface area is 91.1 Å². The second-order valence-electron chi connectivity index (χ2n) is 4.71. The van der Waals surface area contributed by atoms with Gasteiger partial charge in [0.05, 0.1) is 0 Å². The summed E-state index contributed by atoms with van der Waals surface area (Å²) < 4.78 is 0. The van der Waals surface area contributed by atoms with Crippen LogP contribution in [0.15, 0.2) is 24.3 Å². The molecule has 1 aliphatic heterocycles. The zero-order valence-electron chi connectivity index (χ0n) is 9.02. The van der Waals surface area contributed by atoms with Gasteiger partial charge < -0.3 is 10.6 Å². The molecule has 1 saturated carbocycles. The zero-order valence-corrected chi connectivity index (χ0v) is 9.02. The molecule has 2 heteroatoms.